The second kappa shape index (κ2) is 5.91. The van der Waals surface area contributed by atoms with Crippen LogP contribution in [0.1, 0.15) is 56.8 Å². The molecule has 3 heteroatoms. The first-order valence-electron chi connectivity index (χ1n) is 7.39. The molecular weight excluding hydrogens is 236 g/mol. The van der Waals surface area contributed by atoms with Crippen LogP contribution in [0.25, 0.3) is 0 Å². The molecule has 0 amide bonds. The molecule has 1 atom stereocenters. The van der Waals surface area contributed by atoms with Gasteiger partial charge in [-0.3, -0.25) is 0 Å². The van der Waals surface area contributed by atoms with Gasteiger partial charge in [-0.1, -0.05) is 13.8 Å². The summed E-state index contributed by atoms with van der Waals surface area (Å²) < 4.78 is 0. The summed E-state index contributed by atoms with van der Waals surface area (Å²) in [6.45, 7) is 6.59. The third-order valence-electron chi connectivity index (χ3n) is 4.74. The Balaban J connectivity index is 2.07. The van der Waals surface area contributed by atoms with Crippen LogP contribution in [-0.4, -0.2) is 10.1 Å². The van der Waals surface area contributed by atoms with Crippen molar-refractivity contribution in [1.29, 1.82) is 0 Å². The summed E-state index contributed by atoms with van der Waals surface area (Å²) >= 11 is 0. The van der Waals surface area contributed by atoms with E-state index in [-0.39, 0.29) is 0 Å². The van der Waals surface area contributed by atoms with Crippen molar-refractivity contribution >= 4 is 5.82 Å². The van der Waals surface area contributed by atoms with Crippen LogP contribution in [0.2, 0.25) is 0 Å². The van der Waals surface area contributed by atoms with Gasteiger partial charge in [0.05, 0.1) is 6.10 Å². The molecule has 0 aliphatic heterocycles. The zero-order valence-corrected chi connectivity index (χ0v) is 12.3. The largest absolute Gasteiger partial charge is 0.388 e. The van der Waals surface area contributed by atoms with E-state index < -0.39 is 6.10 Å². The van der Waals surface area contributed by atoms with Crippen LogP contribution < -0.4 is 5.73 Å². The predicted octanol–water partition coefficient (Wildman–Crippen LogP) is 3.47. The number of aromatic nitrogens is 1. The van der Waals surface area contributed by atoms with Crippen LogP contribution in [-0.2, 0) is 0 Å². The minimum absolute atomic E-state index is 0.334. The maximum Gasteiger partial charge on any atom is 0.129 e. The van der Waals surface area contributed by atoms with Crippen molar-refractivity contribution in [2.24, 2.45) is 17.8 Å². The molecule has 1 fully saturated rings. The van der Waals surface area contributed by atoms with Crippen LogP contribution in [0, 0.1) is 24.7 Å². The molecule has 0 aromatic carbocycles. The highest BCUT2D eigenvalue weighted by Crippen LogP contribution is 2.40. The molecule has 106 valence electrons. The van der Waals surface area contributed by atoms with Gasteiger partial charge < -0.3 is 10.8 Å². The van der Waals surface area contributed by atoms with Crippen LogP contribution >= 0.6 is 0 Å². The fraction of sp³-hybridized carbons (Fsp3) is 0.688. The minimum Gasteiger partial charge on any atom is -0.388 e. The Morgan fingerprint density at radius 1 is 1.21 bits per heavy atom. The lowest BCUT2D eigenvalue weighted by Gasteiger charge is -2.34. The van der Waals surface area contributed by atoms with Crippen molar-refractivity contribution in [3.05, 3.63) is 23.4 Å². The van der Waals surface area contributed by atoms with Crippen molar-refractivity contribution in [1.82, 2.24) is 4.98 Å². The molecule has 3 N–H and O–H groups in total. The summed E-state index contributed by atoms with van der Waals surface area (Å²) in [4.78, 5) is 4.12. The smallest absolute Gasteiger partial charge is 0.129 e. The number of nitrogens with two attached hydrogens (primary N) is 1. The Kier molecular flexibility index (Phi) is 4.46. The number of aliphatic hydroxyl groups is 1. The fourth-order valence-corrected chi connectivity index (χ4v) is 3.34. The molecule has 1 aromatic rings. The number of nitrogens with zero attached hydrogens (tertiary/aromatic N) is 1. The monoisotopic (exact) mass is 262 g/mol. The molecule has 0 radical (unpaired) electrons. The van der Waals surface area contributed by atoms with Gasteiger partial charge in [-0.2, -0.15) is 0 Å². The van der Waals surface area contributed by atoms with E-state index in [0.29, 0.717) is 11.7 Å². The molecule has 1 aliphatic carbocycles. The highest BCUT2D eigenvalue weighted by atomic mass is 16.3. The number of rotatable bonds is 3. The lowest BCUT2D eigenvalue weighted by Crippen LogP contribution is -2.24. The SMILES string of the molecule is Cc1ccnc(N)c1C(O)C1CCC(C(C)C)CC1. The molecule has 19 heavy (non-hydrogen) atoms. The fourth-order valence-electron chi connectivity index (χ4n) is 3.34. The zero-order chi connectivity index (χ0) is 14.0. The minimum atomic E-state index is -0.457. The molecule has 3 nitrogen and oxygen atoms in total. The Hall–Kier alpha value is -1.09. The van der Waals surface area contributed by atoms with Gasteiger partial charge in [-0.25, -0.2) is 4.98 Å². The van der Waals surface area contributed by atoms with E-state index in [1.807, 2.05) is 13.0 Å². The topological polar surface area (TPSA) is 59.1 Å². The summed E-state index contributed by atoms with van der Waals surface area (Å²) in [6.07, 6.45) is 5.88. The van der Waals surface area contributed by atoms with E-state index >= 15 is 0 Å². The Morgan fingerprint density at radius 2 is 1.79 bits per heavy atom. The molecular formula is C16H26N2O. The number of aryl methyl sites for hydroxylation is 1. The van der Waals surface area contributed by atoms with E-state index in [1.54, 1.807) is 6.20 Å². The van der Waals surface area contributed by atoms with Crippen LogP contribution in [0.15, 0.2) is 12.3 Å². The third kappa shape index (κ3) is 3.08. The molecule has 1 aromatic heterocycles. The van der Waals surface area contributed by atoms with E-state index in [2.05, 4.69) is 18.8 Å². The third-order valence-corrected chi connectivity index (χ3v) is 4.74. The normalized spacial score (nSPS) is 25.5. The molecule has 1 unspecified atom stereocenters. The average molecular weight is 262 g/mol. The lowest BCUT2D eigenvalue weighted by atomic mass is 9.74. The number of aliphatic hydroxyl groups excluding tert-OH is 1. The van der Waals surface area contributed by atoms with Crippen molar-refractivity contribution < 1.29 is 5.11 Å². The first-order chi connectivity index (χ1) is 9.00. The quantitative estimate of drug-likeness (QED) is 0.877. The summed E-state index contributed by atoms with van der Waals surface area (Å²) in [7, 11) is 0. The average Bonchev–Trinajstić information content (AvgIpc) is 2.38. The van der Waals surface area contributed by atoms with Gasteiger partial charge in [0, 0.05) is 11.8 Å². The number of nitrogen functional groups attached to an aromatic ring is 1. The molecule has 0 spiro atoms. The van der Waals surface area contributed by atoms with Gasteiger partial charge in [0.2, 0.25) is 0 Å². The summed E-state index contributed by atoms with van der Waals surface area (Å²) in [6, 6.07) is 1.93. The zero-order valence-electron chi connectivity index (χ0n) is 12.3. The second-order valence-electron chi connectivity index (χ2n) is 6.29. The van der Waals surface area contributed by atoms with E-state index in [9.17, 15) is 5.11 Å². The van der Waals surface area contributed by atoms with E-state index in [4.69, 9.17) is 5.73 Å². The van der Waals surface area contributed by atoms with Crippen molar-refractivity contribution in [2.75, 3.05) is 5.73 Å². The molecule has 2 rings (SSSR count). The van der Waals surface area contributed by atoms with Crippen LogP contribution in [0.3, 0.4) is 0 Å². The maximum atomic E-state index is 10.6. The number of anilines is 1. The predicted molar refractivity (Wildman–Crippen MR) is 78.6 cm³/mol. The van der Waals surface area contributed by atoms with Crippen molar-refractivity contribution in [3.63, 3.8) is 0 Å². The number of pyridine rings is 1. The Labute approximate surface area is 116 Å². The van der Waals surface area contributed by atoms with Gasteiger partial charge in [0.1, 0.15) is 5.82 Å². The standard InChI is InChI=1S/C16H26N2O/c1-10(2)12-4-6-13(7-5-12)15(19)14-11(3)8-9-18-16(14)17/h8-10,12-13,15,19H,4-7H2,1-3H3,(H2,17,18). The van der Waals surface area contributed by atoms with Gasteiger partial charge in [-0.15, -0.1) is 0 Å². The lowest BCUT2D eigenvalue weighted by molar-refractivity contribution is 0.0667. The highest BCUT2D eigenvalue weighted by molar-refractivity contribution is 5.45. The van der Waals surface area contributed by atoms with E-state index in [0.717, 1.165) is 35.8 Å². The van der Waals surface area contributed by atoms with Gasteiger partial charge >= 0.3 is 0 Å². The van der Waals surface area contributed by atoms with Gasteiger partial charge in [0.15, 0.2) is 0 Å². The number of hydrogen-bond acceptors (Lipinski definition) is 3. The highest BCUT2D eigenvalue weighted by Gasteiger charge is 2.30. The second-order valence-corrected chi connectivity index (χ2v) is 6.29. The van der Waals surface area contributed by atoms with Crippen molar-refractivity contribution in [3.8, 4) is 0 Å². The first kappa shape index (κ1) is 14.3. The van der Waals surface area contributed by atoms with E-state index in [1.165, 1.54) is 12.8 Å². The van der Waals surface area contributed by atoms with Crippen LogP contribution in [0.4, 0.5) is 5.82 Å². The molecule has 0 saturated heterocycles. The summed E-state index contributed by atoms with van der Waals surface area (Å²) in [5.41, 5.74) is 7.82. The Morgan fingerprint density at radius 3 is 2.32 bits per heavy atom. The molecule has 1 aliphatic rings. The van der Waals surface area contributed by atoms with Gasteiger partial charge in [0.25, 0.3) is 0 Å². The van der Waals surface area contributed by atoms with Crippen LogP contribution in [0.5, 0.6) is 0 Å². The summed E-state index contributed by atoms with van der Waals surface area (Å²) in [5, 5.41) is 10.6. The van der Waals surface area contributed by atoms with Crippen molar-refractivity contribution in [2.45, 2.75) is 52.6 Å². The van der Waals surface area contributed by atoms with Gasteiger partial charge in [-0.05, 0) is 62.0 Å². The molecule has 1 heterocycles. The Bertz CT molecular complexity index is 403. The first-order valence-corrected chi connectivity index (χ1v) is 7.39. The summed E-state index contributed by atoms with van der Waals surface area (Å²) in [5.74, 6) is 2.39. The maximum absolute atomic E-state index is 10.6. The molecule has 1 saturated carbocycles. The number of hydrogen-bond donors (Lipinski definition) is 2. The molecule has 0 bridgehead atoms.